The van der Waals surface area contributed by atoms with Crippen LogP contribution in [0.1, 0.15) is 45.1 Å². The smallest absolute Gasteiger partial charge is 0.234 e. The minimum absolute atomic E-state index is 0.120. The van der Waals surface area contributed by atoms with Gasteiger partial charge in [-0.05, 0) is 43.4 Å². The van der Waals surface area contributed by atoms with Gasteiger partial charge < -0.3 is 5.32 Å². The average Bonchev–Trinajstić information content (AvgIpc) is 3.29. The zero-order valence-electron chi connectivity index (χ0n) is 16.1. The number of amides is 1. The molecule has 1 atom stereocenters. The highest BCUT2D eigenvalue weighted by atomic mass is 32.2. The van der Waals surface area contributed by atoms with Crippen LogP contribution in [0.25, 0.3) is 16.6 Å². The van der Waals surface area contributed by atoms with Crippen LogP contribution in [-0.2, 0) is 4.79 Å². The Bertz CT molecular complexity index is 975. The predicted octanol–water partition coefficient (Wildman–Crippen LogP) is 4.37. The van der Waals surface area contributed by atoms with Gasteiger partial charge in [0.25, 0.3) is 0 Å². The summed E-state index contributed by atoms with van der Waals surface area (Å²) >= 11 is 1.52. The number of pyridine rings is 1. The lowest BCUT2D eigenvalue weighted by molar-refractivity contribution is -0.121. The molecule has 6 heteroatoms. The Hall–Kier alpha value is -2.08. The van der Waals surface area contributed by atoms with E-state index < -0.39 is 0 Å². The van der Waals surface area contributed by atoms with Gasteiger partial charge >= 0.3 is 0 Å². The number of hydrogen-bond acceptors (Lipinski definition) is 4. The SMILES string of the molecule is Cc1cc2nnc(SC(C(=O)NC3CCCC3)C(C)C)n2c2ccccc12. The van der Waals surface area contributed by atoms with Crippen LogP contribution in [0, 0.1) is 12.8 Å². The number of rotatable bonds is 5. The highest BCUT2D eigenvalue weighted by molar-refractivity contribution is 8.00. The Morgan fingerprint density at radius 3 is 2.70 bits per heavy atom. The van der Waals surface area contributed by atoms with Gasteiger partial charge in [0, 0.05) is 11.4 Å². The van der Waals surface area contributed by atoms with Gasteiger partial charge in [-0.1, -0.05) is 56.7 Å². The number of hydrogen-bond donors (Lipinski definition) is 1. The summed E-state index contributed by atoms with van der Waals surface area (Å²) in [6.45, 7) is 6.28. The van der Waals surface area contributed by atoms with Crippen LogP contribution in [0.2, 0.25) is 0 Å². The van der Waals surface area contributed by atoms with E-state index in [9.17, 15) is 4.79 Å². The summed E-state index contributed by atoms with van der Waals surface area (Å²) < 4.78 is 2.07. The molecule has 5 nitrogen and oxygen atoms in total. The molecule has 1 N–H and O–H groups in total. The first-order valence-electron chi connectivity index (χ1n) is 9.75. The molecule has 1 amide bonds. The van der Waals surface area contributed by atoms with Crippen molar-refractivity contribution in [3.63, 3.8) is 0 Å². The number of nitrogens with zero attached hydrogens (tertiary/aromatic N) is 3. The van der Waals surface area contributed by atoms with Gasteiger partial charge in [0.05, 0.1) is 10.8 Å². The van der Waals surface area contributed by atoms with E-state index in [1.54, 1.807) is 0 Å². The van der Waals surface area contributed by atoms with Crippen molar-refractivity contribution in [3.05, 3.63) is 35.9 Å². The third kappa shape index (κ3) is 3.55. The fourth-order valence-corrected chi connectivity index (χ4v) is 4.97. The molecule has 142 valence electrons. The summed E-state index contributed by atoms with van der Waals surface area (Å²) in [6.07, 6.45) is 4.62. The van der Waals surface area contributed by atoms with Crippen molar-refractivity contribution in [2.45, 2.75) is 62.9 Å². The monoisotopic (exact) mass is 382 g/mol. The molecule has 1 saturated carbocycles. The average molecular weight is 383 g/mol. The third-order valence-electron chi connectivity index (χ3n) is 5.37. The molecule has 0 aliphatic heterocycles. The van der Waals surface area contributed by atoms with Crippen LogP contribution in [-0.4, -0.2) is 31.8 Å². The molecule has 4 rings (SSSR count). The highest BCUT2D eigenvalue weighted by Crippen LogP contribution is 2.31. The summed E-state index contributed by atoms with van der Waals surface area (Å²) in [6, 6.07) is 10.7. The minimum atomic E-state index is -0.182. The molecule has 27 heavy (non-hydrogen) atoms. The number of fused-ring (bicyclic) bond motifs is 3. The van der Waals surface area contributed by atoms with Crippen molar-refractivity contribution in [2.75, 3.05) is 0 Å². The summed E-state index contributed by atoms with van der Waals surface area (Å²) in [5.74, 6) is 0.329. The molecule has 0 bridgehead atoms. The lowest BCUT2D eigenvalue weighted by Crippen LogP contribution is -2.41. The first-order valence-corrected chi connectivity index (χ1v) is 10.6. The van der Waals surface area contributed by atoms with E-state index in [4.69, 9.17) is 0 Å². The summed E-state index contributed by atoms with van der Waals surface area (Å²) in [7, 11) is 0. The van der Waals surface area contributed by atoms with Gasteiger partial charge in [0.2, 0.25) is 5.91 Å². The molecular weight excluding hydrogens is 356 g/mol. The predicted molar refractivity (Wildman–Crippen MR) is 110 cm³/mol. The van der Waals surface area contributed by atoms with E-state index in [2.05, 4.69) is 58.9 Å². The second kappa shape index (κ2) is 7.50. The molecule has 1 aromatic carbocycles. The van der Waals surface area contributed by atoms with E-state index in [0.29, 0.717) is 6.04 Å². The van der Waals surface area contributed by atoms with Crippen molar-refractivity contribution >= 4 is 34.2 Å². The van der Waals surface area contributed by atoms with E-state index in [0.717, 1.165) is 29.2 Å². The topological polar surface area (TPSA) is 59.3 Å². The molecule has 1 unspecified atom stereocenters. The first kappa shape index (κ1) is 18.3. The number of carbonyl (C=O) groups is 1. The van der Waals surface area contributed by atoms with E-state index >= 15 is 0 Å². The van der Waals surface area contributed by atoms with Crippen LogP contribution in [0.5, 0.6) is 0 Å². The Balaban J connectivity index is 1.68. The maximum absolute atomic E-state index is 12.9. The molecule has 1 aliphatic carbocycles. The molecule has 2 aromatic heterocycles. The Kier molecular flexibility index (Phi) is 5.08. The number of carbonyl (C=O) groups excluding carboxylic acids is 1. The Morgan fingerprint density at radius 1 is 1.22 bits per heavy atom. The van der Waals surface area contributed by atoms with E-state index in [-0.39, 0.29) is 17.1 Å². The van der Waals surface area contributed by atoms with Gasteiger partial charge in [-0.2, -0.15) is 0 Å². The van der Waals surface area contributed by atoms with Gasteiger partial charge in [0.1, 0.15) is 0 Å². The van der Waals surface area contributed by atoms with Crippen molar-refractivity contribution in [1.29, 1.82) is 0 Å². The van der Waals surface area contributed by atoms with Crippen LogP contribution >= 0.6 is 11.8 Å². The van der Waals surface area contributed by atoms with Gasteiger partial charge in [-0.25, -0.2) is 0 Å². The van der Waals surface area contributed by atoms with Crippen molar-refractivity contribution in [1.82, 2.24) is 19.9 Å². The largest absolute Gasteiger partial charge is 0.352 e. The van der Waals surface area contributed by atoms with Crippen LogP contribution in [0.3, 0.4) is 0 Å². The van der Waals surface area contributed by atoms with Crippen LogP contribution < -0.4 is 5.32 Å². The zero-order valence-corrected chi connectivity index (χ0v) is 16.9. The molecule has 3 aromatic rings. The van der Waals surface area contributed by atoms with Crippen molar-refractivity contribution in [2.24, 2.45) is 5.92 Å². The van der Waals surface area contributed by atoms with Crippen LogP contribution in [0.4, 0.5) is 0 Å². The minimum Gasteiger partial charge on any atom is -0.352 e. The van der Waals surface area contributed by atoms with Gasteiger partial charge in [0.15, 0.2) is 10.8 Å². The lowest BCUT2D eigenvalue weighted by Gasteiger charge is -2.21. The number of thioether (sulfide) groups is 1. The van der Waals surface area contributed by atoms with E-state index in [1.165, 1.54) is 35.6 Å². The number of para-hydroxylation sites is 1. The zero-order chi connectivity index (χ0) is 19.0. The molecule has 0 radical (unpaired) electrons. The number of aryl methyl sites for hydroxylation is 1. The quantitative estimate of drug-likeness (QED) is 0.666. The molecule has 1 fully saturated rings. The molecule has 2 heterocycles. The van der Waals surface area contributed by atoms with Crippen molar-refractivity contribution < 1.29 is 4.79 Å². The van der Waals surface area contributed by atoms with Gasteiger partial charge in [-0.3, -0.25) is 9.20 Å². The Morgan fingerprint density at radius 2 is 1.96 bits per heavy atom. The number of aromatic nitrogens is 3. The third-order valence-corrected chi connectivity index (χ3v) is 6.86. The molecule has 1 aliphatic rings. The lowest BCUT2D eigenvalue weighted by atomic mass is 10.1. The molecular formula is C21H26N4OS. The fraction of sp³-hybridized carbons (Fsp3) is 0.476. The van der Waals surface area contributed by atoms with Crippen LogP contribution in [0.15, 0.2) is 35.5 Å². The second-order valence-electron chi connectivity index (χ2n) is 7.79. The number of nitrogens with one attached hydrogen (secondary N) is 1. The molecule has 0 spiro atoms. The summed E-state index contributed by atoms with van der Waals surface area (Å²) in [5.41, 5.74) is 3.09. The Labute approximate surface area is 163 Å². The number of benzene rings is 1. The summed E-state index contributed by atoms with van der Waals surface area (Å²) in [4.78, 5) is 12.9. The molecule has 0 saturated heterocycles. The van der Waals surface area contributed by atoms with Crippen molar-refractivity contribution in [3.8, 4) is 0 Å². The first-order chi connectivity index (χ1) is 13.0. The maximum atomic E-state index is 12.9. The second-order valence-corrected chi connectivity index (χ2v) is 8.90. The fourth-order valence-electron chi connectivity index (χ4n) is 3.91. The highest BCUT2D eigenvalue weighted by Gasteiger charge is 2.28. The maximum Gasteiger partial charge on any atom is 0.234 e. The normalized spacial score (nSPS) is 16.4. The van der Waals surface area contributed by atoms with E-state index in [1.807, 2.05) is 12.1 Å². The summed E-state index contributed by atoms with van der Waals surface area (Å²) in [5, 5.41) is 13.8. The standard InChI is InChI=1S/C21H26N4OS/c1-13(2)19(20(26)22-15-8-4-5-9-15)27-21-24-23-18-12-14(3)16-10-6-7-11-17(16)25(18)21/h6-7,10-13,15,19H,4-5,8-9H2,1-3H3,(H,22,26). The van der Waals surface area contributed by atoms with Gasteiger partial charge in [-0.15, -0.1) is 10.2 Å².